The lowest BCUT2D eigenvalue weighted by Gasteiger charge is -2.21. The second-order valence-electron chi connectivity index (χ2n) is 4.75. The molecule has 0 radical (unpaired) electrons. The van der Waals surface area contributed by atoms with E-state index >= 15 is 0 Å². The third-order valence-electron chi connectivity index (χ3n) is 3.09. The van der Waals surface area contributed by atoms with Crippen molar-refractivity contribution in [1.29, 1.82) is 0 Å². The molecule has 10 heteroatoms. The van der Waals surface area contributed by atoms with E-state index in [1.807, 2.05) is 0 Å². The van der Waals surface area contributed by atoms with Crippen LogP contribution in [0.4, 0.5) is 0 Å². The first-order chi connectivity index (χ1) is 11.2. The molecule has 4 N–H and O–H groups in total. The zero-order valence-corrected chi connectivity index (χ0v) is 13.5. The summed E-state index contributed by atoms with van der Waals surface area (Å²) in [5, 5.41) is 37.0. The quantitative estimate of drug-likeness (QED) is 0.446. The van der Waals surface area contributed by atoms with Crippen molar-refractivity contribution < 1.29 is 34.8 Å². The minimum Gasteiger partial charge on any atom is -0.508 e. The Labute approximate surface area is 145 Å². The monoisotopic (exact) mass is 369 g/mol. The molecule has 1 heterocycles. The maximum Gasteiger partial charge on any atom is 0.327 e. The van der Waals surface area contributed by atoms with Crippen molar-refractivity contribution in [3.05, 3.63) is 28.7 Å². The summed E-state index contributed by atoms with van der Waals surface area (Å²) in [6, 6.07) is 2.13. The number of aliphatic carboxylic acids is 2. The van der Waals surface area contributed by atoms with Gasteiger partial charge in [-0.1, -0.05) is 24.0 Å². The number of benzene rings is 1. The number of phenols is 2. The molecule has 0 aliphatic carbocycles. The van der Waals surface area contributed by atoms with E-state index in [2.05, 4.69) is 0 Å². The van der Waals surface area contributed by atoms with Crippen LogP contribution in [-0.2, 0) is 14.4 Å². The van der Waals surface area contributed by atoms with Gasteiger partial charge in [-0.3, -0.25) is 14.5 Å². The smallest absolute Gasteiger partial charge is 0.327 e. The van der Waals surface area contributed by atoms with Gasteiger partial charge in [0, 0.05) is 11.6 Å². The third kappa shape index (κ3) is 3.66. The van der Waals surface area contributed by atoms with Gasteiger partial charge in [0.15, 0.2) is 0 Å². The van der Waals surface area contributed by atoms with Crippen molar-refractivity contribution in [2.75, 3.05) is 0 Å². The second kappa shape index (κ2) is 6.89. The highest BCUT2D eigenvalue weighted by atomic mass is 32.2. The molecule has 0 bridgehead atoms. The number of hydrogen-bond donors (Lipinski definition) is 4. The summed E-state index contributed by atoms with van der Waals surface area (Å²) in [6.45, 7) is 0. The number of carboxylic acid groups (broad SMARTS) is 2. The molecule has 2 rings (SSSR count). The van der Waals surface area contributed by atoms with Crippen molar-refractivity contribution in [2.45, 2.75) is 12.5 Å². The number of thiocarbonyl (C=S) groups is 1. The lowest BCUT2D eigenvalue weighted by molar-refractivity contribution is -0.150. The van der Waals surface area contributed by atoms with E-state index in [1.165, 1.54) is 18.2 Å². The molecule has 8 nitrogen and oxygen atoms in total. The van der Waals surface area contributed by atoms with Crippen LogP contribution in [0, 0.1) is 0 Å². The fourth-order valence-electron chi connectivity index (χ4n) is 2.00. The summed E-state index contributed by atoms with van der Waals surface area (Å²) in [5.74, 6) is -4.06. The topological polar surface area (TPSA) is 135 Å². The Morgan fingerprint density at radius 3 is 2.50 bits per heavy atom. The second-order valence-corrected chi connectivity index (χ2v) is 6.42. The van der Waals surface area contributed by atoms with Crippen LogP contribution in [0.25, 0.3) is 6.08 Å². The number of phenolic OH excluding ortho intramolecular Hbond substituents is 2. The van der Waals surface area contributed by atoms with Gasteiger partial charge in [0.1, 0.15) is 21.9 Å². The lowest BCUT2D eigenvalue weighted by Crippen LogP contribution is -2.45. The Morgan fingerprint density at radius 2 is 1.96 bits per heavy atom. The van der Waals surface area contributed by atoms with Gasteiger partial charge in [-0.15, -0.1) is 0 Å². The van der Waals surface area contributed by atoms with E-state index in [-0.39, 0.29) is 26.3 Å². The number of aromatic hydroxyl groups is 2. The molecule has 0 spiro atoms. The summed E-state index contributed by atoms with van der Waals surface area (Å²) in [7, 11) is 0. The zero-order valence-electron chi connectivity index (χ0n) is 11.9. The summed E-state index contributed by atoms with van der Waals surface area (Å²) in [4.78, 5) is 35.2. The van der Waals surface area contributed by atoms with Crippen LogP contribution in [0.2, 0.25) is 0 Å². The minimum atomic E-state index is -1.62. The number of carbonyl (C=O) groups is 3. The average molecular weight is 369 g/mol. The summed E-state index contributed by atoms with van der Waals surface area (Å²) in [6.07, 6.45) is 0.493. The molecule has 1 unspecified atom stereocenters. The first-order valence-electron chi connectivity index (χ1n) is 6.44. The van der Waals surface area contributed by atoms with Gasteiger partial charge in [0.2, 0.25) is 0 Å². The molecule has 0 saturated carbocycles. The van der Waals surface area contributed by atoms with E-state index in [0.29, 0.717) is 0 Å². The van der Waals surface area contributed by atoms with Crippen molar-refractivity contribution in [2.24, 2.45) is 0 Å². The molecular formula is C14H11NO7S2. The van der Waals surface area contributed by atoms with Crippen molar-refractivity contribution in [3.63, 3.8) is 0 Å². The molecule has 126 valence electrons. The third-order valence-corrected chi connectivity index (χ3v) is 4.42. The zero-order chi connectivity index (χ0) is 18.0. The van der Waals surface area contributed by atoms with E-state index in [0.717, 1.165) is 22.7 Å². The number of amides is 1. The molecule has 1 amide bonds. The Morgan fingerprint density at radius 1 is 1.29 bits per heavy atom. The molecule has 1 aromatic rings. The Kier molecular flexibility index (Phi) is 5.10. The van der Waals surface area contributed by atoms with E-state index in [4.69, 9.17) is 22.4 Å². The van der Waals surface area contributed by atoms with Crippen molar-refractivity contribution in [1.82, 2.24) is 4.90 Å². The summed E-state index contributed by atoms with van der Waals surface area (Å²) >= 11 is 5.78. The number of thioether (sulfide) groups is 1. The van der Waals surface area contributed by atoms with Crippen LogP contribution in [0.1, 0.15) is 12.0 Å². The van der Waals surface area contributed by atoms with Gasteiger partial charge >= 0.3 is 11.9 Å². The Bertz CT molecular complexity index is 774. The lowest BCUT2D eigenvalue weighted by atomic mass is 10.1. The Hall–Kier alpha value is -2.59. The highest BCUT2D eigenvalue weighted by Gasteiger charge is 2.41. The first-order valence-corrected chi connectivity index (χ1v) is 7.67. The van der Waals surface area contributed by atoms with Gasteiger partial charge in [0.05, 0.1) is 11.3 Å². The fraction of sp³-hybridized carbons (Fsp3) is 0.143. The van der Waals surface area contributed by atoms with Crippen LogP contribution in [0.5, 0.6) is 11.5 Å². The maximum atomic E-state index is 12.4. The molecule has 1 fully saturated rings. The molecule has 24 heavy (non-hydrogen) atoms. The highest BCUT2D eigenvalue weighted by Crippen LogP contribution is 2.36. The molecule has 1 saturated heterocycles. The van der Waals surface area contributed by atoms with Crippen molar-refractivity contribution >= 4 is 52.2 Å². The van der Waals surface area contributed by atoms with Crippen LogP contribution in [0.15, 0.2) is 23.1 Å². The molecular weight excluding hydrogens is 358 g/mol. The van der Waals surface area contributed by atoms with E-state index < -0.39 is 30.3 Å². The van der Waals surface area contributed by atoms with Gasteiger partial charge in [0.25, 0.3) is 5.91 Å². The van der Waals surface area contributed by atoms with Gasteiger partial charge in [-0.25, -0.2) is 4.79 Å². The largest absolute Gasteiger partial charge is 0.508 e. The SMILES string of the molecule is O=C(O)CC(C(=O)O)N1C(=O)/C(=C/c2ccc(O)cc2O)SC1=S. The number of rotatable bonds is 5. The average Bonchev–Trinajstić information content (AvgIpc) is 2.74. The molecule has 1 atom stereocenters. The summed E-state index contributed by atoms with van der Waals surface area (Å²) in [5.41, 5.74) is 0.221. The molecule has 1 aromatic carbocycles. The number of nitrogens with zero attached hydrogens (tertiary/aromatic N) is 1. The summed E-state index contributed by atoms with van der Waals surface area (Å²) < 4.78 is -0.0850. The highest BCUT2D eigenvalue weighted by molar-refractivity contribution is 8.26. The van der Waals surface area contributed by atoms with Gasteiger partial charge < -0.3 is 20.4 Å². The first kappa shape index (κ1) is 17.8. The molecule has 0 aromatic heterocycles. The van der Waals surface area contributed by atoms with Gasteiger partial charge in [-0.2, -0.15) is 0 Å². The van der Waals surface area contributed by atoms with E-state index in [9.17, 15) is 24.6 Å². The van der Waals surface area contributed by atoms with Crippen molar-refractivity contribution in [3.8, 4) is 11.5 Å². The van der Waals surface area contributed by atoms with Crippen LogP contribution in [-0.4, -0.2) is 53.5 Å². The van der Waals surface area contributed by atoms with Gasteiger partial charge in [-0.05, 0) is 18.2 Å². The predicted octanol–water partition coefficient (Wildman–Crippen LogP) is 1.23. The van der Waals surface area contributed by atoms with Crippen LogP contribution in [0.3, 0.4) is 0 Å². The fourth-order valence-corrected chi connectivity index (χ4v) is 3.35. The van der Waals surface area contributed by atoms with E-state index in [1.54, 1.807) is 0 Å². The van der Waals surface area contributed by atoms with Crippen LogP contribution < -0.4 is 0 Å². The number of carbonyl (C=O) groups excluding carboxylic acids is 1. The number of carboxylic acids is 2. The molecule has 1 aliphatic heterocycles. The number of hydrogen-bond acceptors (Lipinski definition) is 7. The standard InChI is InChI=1S/C14H11NO7S2/c16-7-2-1-6(9(17)4-7)3-10-12(20)15(14(23)24-10)8(13(21)22)5-11(18)19/h1-4,8,16-17H,5H2,(H,18,19)(H,21,22)/b10-3-. The van der Waals surface area contributed by atoms with Crippen LogP contribution >= 0.6 is 24.0 Å². The maximum absolute atomic E-state index is 12.4. The Balaban J connectivity index is 2.35. The molecule has 1 aliphatic rings. The predicted molar refractivity (Wildman–Crippen MR) is 88.5 cm³/mol. The minimum absolute atomic E-state index is 0.0395. The normalized spacial score (nSPS) is 17.3.